The van der Waals surface area contributed by atoms with Crippen molar-refractivity contribution in [3.8, 4) is 0 Å². The largest absolute Gasteiger partial charge is 0.324 e. The number of benzene rings is 3. The summed E-state index contributed by atoms with van der Waals surface area (Å²) in [6.45, 7) is 4.79. The Kier molecular flexibility index (Phi) is 5.15. The number of aryl methyl sites for hydroxylation is 1. The van der Waals surface area contributed by atoms with Crippen molar-refractivity contribution in [2.75, 3.05) is 12.4 Å². The zero-order valence-electron chi connectivity index (χ0n) is 15.0. The van der Waals surface area contributed by atoms with E-state index in [-0.39, 0.29) is 11.9 Å². The molecule has 1 amide bonds. The molecule has 3 aromatic rings. The highest BCUT2D eigenvalue weighted by Crippen LogP contribution is 2.23. The third-order valence-corrected chi connectivity index (χ3v) is 4.77. The maximum Gasteiger partial charge on any atom is 0.241 e. The molecule has 0 bridgehead atoms. The molecule has 0 spiro atoms. The number of fused-ring (bicyclic) bond motifs is 1. The standard InChI is InChI=1S/C22H24N2O/c1-16-9-4-5-11-19(16)15-24(3)17(2)22(25)23-21-14-8-12-18-10-6-7-13-20(18)21/h4-14,17H,15H2,1-3H3,(H,23,25)/t17-/m0/s1. The zero-order chi connectivity index (χ0) is 17.8. The zero-order valence-corrected chi connectivity index (χ0v) is 15.0. The van der Waals surface area contributed by atoms with Gasteiger partial charge in [0, 0.05) is 17.6 Å². The van der Waals surface area contributed by atoms with Crippen molar-refractivity contribution in [3.63, 3.8) is 0 Å². The fourth-order valence-corrected chi connectivity index (χ4v) is 2.96. The molecule has 25 heavy (non-hydrogen) atoms. The molecule has 3 heteroatoms. The number of hydrogen-bond donors (Lipinski definition) is 1. The van der Waals surface area contributed by atoms with E-state index in [9.17, 15) is 4.79 Å². The van der Waals surface area contributed by atoms with Gasteiger partial charge in [-0.1, -0.05) is 60.7 Å². The number of nitrogens with one attached hydrogen (secondary N) is 1. The highest BCUT2D eigenvalue weighted by Gasteiger charge is 2.19. The van der Waals surface area contributed by atoms with Crippen LogP contribution in [0, 0.1) is 6.92 Å². The molecule has 0 fully saturated rings. The first kappa shape index (κ1) is 17.2. The van der Waals surface area contributed by atoms with Gasteiger partial charge in [-0.25, -0.2) is 0 Å². The van der Waals surface area contributed by atoms with Crippen LogP contribution < -0.4 is 5.32 Å². The Morgan fingerprint density at radius 3 is 2.48 bits per heavy atom. The Morgan fingerprint density at radius 1 is 1.00 bits per heavy atom. The van der Waals surface area contributed by atoms with Crippen LogP contribution in [0.25, 0.3) is 10.8 Å². The van der Waals surface area contributed by atoms with Gasteiger partial charge in [-0.2, -0.15) is 0 Å². The summed E-state index contributed by atoms with van der Waals surface area (Å²) >= 11 is 0. The second-order valence-electron chi connectivity index (χ2n) is 6.53. The van der Waals surface area contributed by atoms with Gasteiger partial charge in [0.1, 0.15) is 0 Å². The fraction of sp³-hybridized carbons (Fsp3) is 0.227. The van der Waals surface area contributed by atoms with Crippen LogP contribution in [0.3, 0.4) is 0 Å². The van der Waals surface area contributed by atoms with Crippen LogP contribution >= 0.6 is 0 Å². The fourth-order valence-electron chi connectivity index (χ4n) is 2.96. The summed E-state index contributed by atoms with van der Waals surface area (Å²) in [4.78, 5) is 14.8. The smallest absolute Gasteiger partial charge is 0.241 e. The van der Waals surface area contributed by atoms with Crippen molar-refractivity contribution in [1.82, 2.24) is 4.90 Å². The predicted octanol–water partition coefficient (Wildman–Crippen LogP) is 4.61. The minimum atomic E-state index is -0.224. The van der Waals surface area contributed by atoms with Crippen LogP contribution in [0.15, 0.2) is 66.7 Å². The molecular weight excluding hydrogens is 308 g/mol. The lowest BCUT2D eigenvalue weighted by atomic mass is 10.1. The molecule has 1 atom stereocenters. The van der Waals surface area contributed by atoms with E-state index in [4.69, 9.17) is 0 Å². The van der Waals surface area contributed by atoms with Gasteiger partial charge in [0.2, 0.25) is 5.91 Å². The first-order chi connectivity index (χ1) is 12.1. The third kappa shape index (κ3) is 3.89. The van der Waals surface area contributed by atoms with E-state index in [1.165, 1.54) is 11.1 Å². The molecule has 1 N–H and O–H groups in total. The van der Waals surface area contributed by atoms with Gasteiger partial charge >= 0.3 is 0 Å². The summed E-state index contributed by atoms with van der Waals surface area (Å²) in [6.07, 6.45) is 0. The SMILES string of the molecule is Cc1ccccc1CN(C)[C@@H](C)C(=O)Nc1cccc2ccccc12. The van der Waals surface area contributed by atoms with Crippen molar-refractivity contribution in [3.05, 3.63) is 77.9 Å². The number of anilines is 1. The van der Waals surface area contributed by atoms with Gasteiger partial charge in [0.05, 0.1) is 6.04 Å². The number of carbonyl (C=O) groups is 1. The Labute approximate surface area is 149 Å². The maximum atomic E-state index is 12.7. The van der Waals surface area contributed by atoms with Gasteiger partial charge in [0.25, 0.3) is 0 Å². The molecule has 0 aliphatic heterocycles. The predicted molar refractivity (Wildman–Crippen MR) is 105 cm³/mol. The second-order valence-corrected chi connectivity index (χ2v) is 6.53. The monoisotopic (exact) mass is 332 g/mol. The molecule has 0 aliphatic carbocycles. The van der Waals surface area contributed by atoms with Crippen LogP contribution in [-0.2, 0) is 11.3 Å². The van der Waals surface area contributed by atoms with E-state index in [1.54, 1.807) is 0 Å². The minimum absolute atomic E-state index is 0.00689. The lowest BCUT2D eigenvalue weighted by Crippen LogP contribution is -2.39. The highest BCUT2D eigenvalue weighted by molar-refractivity contribution is 6.03. The first-order valence-corrected chi connectivity index (χ1v) is 8.59. The lowest BCUT2D eigenvalue weighted by molar-refractivity contribution is -0.120. The number of hydrogen-bond acceptors (Lipinski definition) is 2. The van der Waals surface area contributed by atoms with E-state index in [2.05, 4.69) is 41.4 Å². The minimum Gasteiger partial charge on any atom is -0.324 e. The summed E-state index contributed by atoms with van der Waals surface area (Å²) in [5.41, 5.74) is 3.35. The van der Waals surface area contributed by atoms with Gasteiger partial charge in [0.15, 0.2) is 0 Å². The van der Waals surface area contributed by atoms with Crippen LogP contribution in [0.5, 0.6) is 0 Å². The molecule has 3 rings (SSSR count). The summed E-state index contributed by atoms with van der Waals surface area (Å²) < 4.78 is 0. The number of likely N-dealkylation sites (N-methyl/N-ethyl adjacent to an activating group) is 1. The Balaban J connectivity index is 1.73. The molecule has 128 valence electrons. The van der Waals surface area contributed by atoms with E-state index in [0.29, 0.717) is 0 Å². The van der Waals surface area contributed by atoms with Crippen molar-refractivity contribution >= 4 is 22.4 Å². The molecule has 0 radical (unpaired) electrons. The molecule has 0 saturated heterocycles. The van der Waals surface area contributed by atoms with Crippen LogP contribution in [0.2, 0.25) is 0 Å². The van der Waals surface area contributed by atoms with E-state index < -0.39 is 0 Å². The highest BCUT2D eigenvalue weighted by atomic mass is 16.2. The number of amides is 1. The van der Waals surface area contributed by atoms with Gasteiger partial charge in [-0.05, 0) is 43.5 Å². The molecule has 0 aromatic heterocycles. The van der Waals surface area contributed by atoms with Crippen molar-refractivity contribution in [2.24, 2.45) is 0 Å². The molecule has 3 nitrogen and oxygen atoms in total. The molecule has 0 saturated carbocycles. The summed E-state index contributed by atoms with van der Waals surface area (Å²) in [7, 11) is 1.99. The van der Waals surface area contributed by atoms with Crippen molar-refractivity contribution in [1.29, 1.82) is 0 Å². The average molecular weight is 332 g/mol. The van der Waals surface area contributed by atoms with E-state index in [0.717, 1.165) is 23.0 Å². The van der Waals surface area contributed by atoms with Gasteiger partial charge in [-0.3, -0.25) is 9.69 Å². The van der Waals surface area contributed by atoms with Gasteiger partial charge < -0.3 is 5.32 Å². The average Bonchev–Trinajstić information content (AvgIpc) is 2.63. The summed E-state index contributed by atoms with van der Waals surface area (Å²) in [6, 6.07) is 22.1. The Bertz CT molecular complexity index is 883. The van der Waals surface area contributed by atoms with Gasteiger partial charge in [-0.15, -0.1) is 0 Å². The second kappa shape index (κ2) is 7.49. The normalized spacial score (nSPS) is 12.3. The summed E-state index contributed by atoms with van der Waals surface area (Å²) in [5, 5.41) is 5.27. The van der Waals surface area contributed by atoms with Crippen LogP contribution in [0.4, 0.5) is 5.69 Å². The van der Waals surface area contributed by atoms with Crippen molar-refractivity contribution < 1.29 is 4.79 Å². The third-order valence-electron chi connectivity index (χ3n) is 4.77. The van der Waals surface area contributed by atoms with E-state index >= 15 is 0 Å². The molecule has 0 aliphatic rings. The first-order valence-electron chi connectivity index (χ1n) is 8.59. The van der Waals surface area contributed by atoms with E-state index in [1.807, 2.05) is 56.4 Å². The van der Waals surface area contributed by atoms with Crippen LogP contribution in [0.1, 0.15) is 18.1 Å². The topological polar surface area (TPSA) is 32.3 Å². The molecule has 0 heterocycles. The molecule has 0 unspecified atom stereocenters. The van der Waals surface area contributed by atoms with Crippen LogP contribution in [-0.4, -0.2) is 23.9 Å². The quantitative estimate of drug-likeness (QED) is 0.740. The lowest BCUT2D eigenvalue weighted by Gasteiger charge is -2.25. The molecule has 3 aromatic carbocycles. The Hall–Kier alpha value is -2.65. The Morgan fingerprint density at radius 2 is 1.68 bits per heavy atom. The number of carbonyl (C=O) groups excluding carboxylic acids is 1. The maximum absolute atomic E-state index is 12.7. The number of rotatable bonds is 5. The summed E-state index contributed by atoms with van der Waals surface area (Å²) in [5.74, 6) is 0.00689. The molecular formula is C22H24N2O. The van der Waals surface area contributed by atoms with Crippen molar-refractivity contribution in [2.45, 2.75) is 26.4 Å². The number of nitrogens with zero attached hydrogens (tertiary/aromatic N) is 1.